The first-order chi connectivity index (χ1) is 24.4. The Labute approximate surface area is 300 Å². The largest absolute Gasteiger partial charge is 0.392 e. The van der Waals surface area contributed by atoms with E-state index in [0.29, 0.717) is 16.8 Å². The third-order valence-electron chi connectivity index (χ3n) is 10.4. The number of unbranched alkanes of at least 4 members (excludes halogenated alkanes) is 10. The van der Waals surface area contributed by atoms with Crippen molar-refractivity contribution in [1.82, 2.24) is 4.90 Å². The number of carbonyl (C=O) groups excluding carboxylic acids is 2. The van der Waals surface area contributed by atoms with Gasteiger partial charge in [-0.1, -0.05) is 134 Å². The van der Waals surface area contributed by atoms with Gasteiger partial charge in [0.05, 0.1) is 35.6 Å². The zero-order valence-corrected chi connectivity index (χ0v) is 30.5. The normalized spacial score (nSPS) is 20.5. The number of hydrogen-bond donors (Lipinski definition) is 1. The van der Waals surface area contributed by atoms with Crippen molar-refractivity contribution in [3.05, 3.63) is 101 Å². The number of anilines is 1. The Hall–Kier alpha value is -3.36. The molecule has 3 aromatic rings. The lowest BCUT2D eigenvalue weighted by Gasteiger charge is -2.43. The third kappa shape index (κ3) is 9.70. The van der Waals surface area contributed by atoms with Crippen molar-refractivity contribution < 1.29 is 24.2 Å². The molecule has 0 saturated carbocycles. The van der Waals surface area contributed by atoms with Gasteiger partial charge in [0.15, 0.2) is 6.29 Å². The van der Waals surface area contributed by atoms with Gasteiger partial charge in [0.25, 0.3) is 11.8 Å². The summed E-state index contributed by atoms with van der Waals surface area (Å²) >= 11 is 0. The van der Waals surface area contributed by atoms with Crippen molar-refractivity contribution in [3.63, 3.8) is 0 Å². The van der Waals surface area contributed by atoms with Crippen LogP contribution in [0.1, 0.15) is 148 Å². The average molecular weight is 683 g/mol. The van der Waals surface area contributed by atoms with Crippen LogP contribution in [0.25, 0.3) is 0 Å². The lowest BCUT2D eigenvalue weighted by atomic mass is 9.90. The molecular formula is C43H58N2O5. The second kappa shape index (κ2) is 19.3. The molecule has 2 aliphatic heterocycles. The number of amides is 2. The van der Waals surface area contributed by atoms with Gasteiger partial charge >= 0.3 is 0 Å². The second-order valence-corrected chi connectivity index (χ2v) is 14.2. The molecule has 50 heavy (non-hydrogen) atoms. The van der Waals surface area contributed by atoms with Crippen LogP contribution in [0.15, 0.2) is 72.8 Å². The summed E-state index contributed by atoms with van der Waals surface area (Å²) in [4.78, 5) is 30.1. The molecule has 7 nitrogen and oxygen atoms in total. The van der Waals surface area contributed by atoms with Crippen LogP contribution in [-0.2, 0) is 16.1 Å². The Morgan fingerprint density at radius 3 is 1.72 bits per heavy atom. The highest BCUT2D eigenvalue weighted by Gasteiger charge is 2.40. The Bertz CT molecular complexity index is 1440. The molecule has 5 rings (SSSR count). The van der Waals surface area contributed by atoms with E-state index in [1.54, 1.807) is 24.3 Å². The summed E-state index contributed by atoms with van der Waals surface area (Å²) in [5.41, 5.74) is 4.17. The van der Waals surface area contributed by atoms with Crippen LogP contribution in [0.2, 0.25) is 0 Å². The molecule has 0 bridgehead atoms. The van der Waals surface area contributed by atoms with E-state index in [4.69, 9.17) is 9.47 Å². The number of imide groups is 1. The zero-order valence-electron chi connectivity index (χ0n) is 30.5. The van der Waals surface area contributed by atoms with Crippen molar-refractivity contribution in [3.8, 4) is 0 Å². The Kier molecular flexibility index (Phi) is 14.6. The van der Waals surface area contributed by atoms with E-state index < -0.39 is 6.29 Å². The predicted molar refractivity (Wildman–Crippen MR) is 200 cm³/mol. The quantitative estimate of drug-likeness (QED) is 0.0944. The molecule has 0 spiro atoms. The van der Waals surface area contributed by atoms with Crippen molar-refractivity contribution >= 4 is 17.5 Å². The van der Waals surface area contributed by atoms with Crippen LogP contribution in [-0.4, -0.2) is 47.6 Å². The van der Waals surface area contributed by atoms with E-state index >= 15 is 0 Å². The molecule has 4 atom stereocenters. The maximum atomic E-state index is 13.1. The first-order valence-electron chi connectivity index (χ1n) is 19.3. The van der Waals surface area contributed by atoms with Crippen LogP contribution in [0.4, 0.5) is 5.69 Å². The maximum absolute atomic E-state index is 13.1. The van der Waals surface area contributed by atoms with Crippen LogP contribution < -0.4 is 4.90 Å². The van der Waals surface area contributed by atoms with Crippen LogP contribution >= 0.6 is 0 Å². The number of benzene rings is 3. The van der Waals surface area contributed by atoms with E-state index in [1.807, 2.05) is 36.4 Å². The van der Waals surface area contributed by atoms with Gasteiger partial charge in [-0.2, -0.15) is 0 Å². The Morgan fingerprint density at radius 2 is 1.18 bits per heavy atom. The predicted octanol–water partition coefficient (Wildman–Crippen LogP) is 9.79. The molecule has 1 N–H and O–H groups in total. The van der Waals surface area contributed by atoms with Crippen LogP contribution in [0, 0.1) is 5.92 Å². The molecule has 2 aliphatic rings. The smallest absolute Gasteiger partial charge is 0.266 e. The number of ether oxygens (including phenoxy) is 2. The van der Waals surface area contributed by atoms with Crippen molar-refractivity contribution in [2.45, 2.75) is 123 Å². The Morgan fingerprint density at radius 1 is 0.660 bits per heavy atom. The van der Waals surface area contributed by atoms with E-state index in [-0.39, 0.29) is 36.5 Å². The second-order valence-electron chi connectivity index (χ2n) is 14.2. The standard InChI is InChI=1S/C43H58N2O5/c1-4-6-8-10-12-16-28-44(29-17-13-11-9-7-5-2)30-39-32(3)40(34-22-20-33(31-46)21-23-34)50-43(49-39)35-24-26-36(27-25-35)45-41(47)37-18-14-15-19-38(37)42(45)48/h14-15,18-27,32,39-40,43,46H,4-13,16-17,28-31H2,1-3H3/t32-,39+,40+,43+/m1/s1. The molecule has 2 amide bonds. The van der Waals surface area contributed by atoms with Crippen LogP contribution in [0.3, 0.4) is 0 Å². The van der Waals surface area contributed by atoms with E-state index in [1.165, 1.54) is 81.9 Å². The van der Waals surface area contributed by atoms with Gasteiger partial charge in [-0.25, -0.2) is 4.90 Å². The van der Waals surface area contributed by atoms with E-state index in [0.717, 1.165) is 36.3 Å². The summed E-state index contributed by atoms with van der Waals surface area (Å²) in [5.74, 6) is -0.514. The van der Waals surface area contributed by atoms with Gasteiger partial charge in [-0.05, 0) is 61.3 Å². The molecule has 0 aromatic heterocycles. The minimum Gasteiger partial charge on any atom is -0.392 e. The van der Waals surface area contributed by atoms with Gasteiger partial charge in [-0.3, -0.25) is 9.59 Å². The molecule has 0 radical (unpaired) electrons. The highest BCUT2D eigenvalue weighted by atomic mass is 16.7. The summed E-state index contributed by atoms with van der Waals surface area (Å²) in [6.07, 6.45) is 14.4. The topological polar surface area (TPSA) is 79.3 Å². The highest BCUT2D eigenvalue weighted by Crippen LogP contribution is 2.42. The fourth-order valence-corrected chi connectivity index (χ4v) is 7.31. The number of fused-ring (bicyclic) bond motifs is 1. The molecule has 0 unspecified atom stereocenters. The van der Waals surface area contributed by atoms with Gasteiger partial charge < -0.3 is 19.5 Å². The number of aliphatic hydroxyl groups is 1. The van der Waals surface area contributed by atoms with Crippen LogP contribution in [0.5, 0.6) is 0 Å². The summed E-state index contributed by atoms with van der Waals surface area (Å²) < 4.78 is 13.6. The molecular weight excluding hydrogens is 624 g/mol. The number of nitrogens with zero attached hydrogens (tertiary/aromatic N) is 2. The number of rotatable bonds is 20. The minimum absolute atomic E-state index is 0.00101. The average Bonchev–Trinajstić information content (AvgIpc) is 3.40. The number of hydrogen-bond acceptors (Lipinski definition) is 6. The van der Waals surface area contributed by atoms with Crippen molar-refractivity contribution in [2.24, 2.45) is 5.92 Å². The number of aliphatic hydroxyl groups excluding tert-OH is 1. The summed E-state index contributed by atoms with van der Waals surface area (Å²) in [7, 11) is 0. The fraction of sp³-hybridized carbons (Fsp3) is 0.535. The SMILES string of the molecule is CCCCCCCCN(CCCCCCCC)C[C@@H]1O[C@H](c2ccc(N3C(=O)c4ccccc4C3=O)cc2)O[C@H](c2ccc(CO)cc2)[C@@H]1C. The summed E-state index contributed by atoms with van der Waals surface area (Å²) in [6, 6.07) is 22.4. The zero-order chi connectivity index (χ0) is 35.3. The van der Waals surface area contributed by atoms with E-state index in [2.05, 4.69) is 37.8 Å². The fourth-order valence-electron chi connectivity index (χ4n) is 7.31. The molecule has 3 aromatic carbocycles. The summed E-state index contributed by atoms with van der Waals surface area (Å²) in [6.45, 7) is 9.74. The lowest BCUT2D eigenvalue weighted by Crippen LogP contribution is -2.45. The molecule has 270 valence electrons. The lowest BCUT2D eigenvalue weighted by molar-refractivity contribution is -0.276. The molecule has 2 heterocycles. The molecule has 7 heteroatoms. The molecule has 0 aliphatic carbocycles. The van der Waals surface area contributed by atoms with Gasteiger partial charge in [0.2, 0.25) is 0 Å². The third-order valence-corrected chi connectivity index (χ3v) is 10.4. The molecule has 1 saturated heterocycles. The minimum atomic E-state index is -0.611. The van der Waals surface area contributed by atoms with E-state index in [9.17, 15) is 14.7 Å². The highest BCUT2D eigenvalue weighted by molar-refractivity contribution is 6.34. The monoisotopic (exact) mass is 682 g/mol. The van der Waals surface area contributed by atoms with Gasteiger partial charge in [-0.15, -0.1) is 0 Å². The molecule has 1 fully saturated rings. The summed E-state index contributed by atoms with van der Waals surface area (Å²) in [5, 5.41) is 9.67. The van der Waals surface area contributed by atoms with Gasteiger partial charge in [0, 0.05) is 18.0 Å². The van der Waals surface area contributed by atoms with Crippen molar-refractivity contribution in [2.75, 3.05) is 24.5 Å². The first-order valence-corrected chi connectivity index (χ1v) is 19.3. The Balaban J connectivity index is 1.33. The van der Waals surface area contributed by atoms with Crippen molar-refractivity contribution in [1.29, 1.82) is 0 Å². The maximum Gasteiger partial charge on any atom is 0.266 e. The number of carbonyl (C=O) groups is 2. The van der Waals surface area contributed by atoms with Gasteiger partial charge in [0.1, 0.15) is 0 Å². The first kappa shape index (κ1) is 37.9.